The van der Waals surface area contributed by atoms with E-state index in [0.29, 0.717) is 11.4 Å². The molecule has 1 aliphatic heterocycles. The van der Waals surface area contributed by atoms with Crippen LogP contribution >= 0.6 is 0 Å². The number of rotatable bonds is 5. The van der Waals surface area contributed by atoms with Gasteiger partial charge < -0.3 is 4.74 Å². The van der Waals surface area contributed by atoms with Gasteiger partial charge in [0, 0.05) is 37.3 Å². The van der Waals surface area contributed by atoms with Crippen LogP contribution in [-0.4, -0.2) is 35.2 Å². The Bertz CT molecular complexity index is 694. The third-order valence-electron chi connectivity index (χ3n) is 3.44. The van der Waals surface area contributed by atoms with E-state index in [0.717, 1.165) is 25.9 Å². The van der Waals surface area contributed by atoms with Crippen molar-refractivity contribution in [2.24, 2.45) is 0 Å². The highest BCUT2D eigenvalue weighted by Gasteiger charge is 2.19. The summed E-state index contributed by atoms with van der Waals surface area (Å²) in [6, 6.07) is 0. The fraction of sp³-hybridized carbons (Fsp3) is 0.462. The average Bonchev–Trinajstić information content (AvgIpc) is 3.10. The predicted molar refractivity (Wildman–Crippen MR) is 77.2 cm³/mol. The van der Waals surface area contributed by atoms with Gasteiger partial charge in [0.1, 0.15) is 11.0 Å². The molecule has 0 unspecified atom stereocenters. The van der Waals surface area contributed by atoms with Crippen LogP contribution in [-0.2, 0) is 21.3 Å². The molecule has 2 aromatic rings. The number of H-pyrrole nitrogens is 1. The van der Waals surface area contributed by atoms with Gasteiger partial charge in [0.05, 0.1) is 6.20 Å². The van der Waals surface area contributed by atoms with E-state index in [-0.39, 0.29) is 17.5 Å². The molecule has 0 amide bonds. The molecule has 22 heavy (non-hydrogen) atoms. The van der Waals surface area contributed by atoms with Gasteiger partial charge in [-0.15, -0.1) is 0 Å². The van der Waals surface area contributed by atoms with Crippen molar-refractivity contribution in [1.82, 2.24) is 24.9 Å². The maximum absolute atomic E-state index is 11.9. The van der Waals surface area contributed by atoms with Gasteiger partial charge in [-0.2, -0.15) is 5.10 Å². The molecule has 0 aromatic carbocycles. The Labute approximate surface area is 128 Å². The topological polar surface area (TPSA) is 110 Å². The van der Waals surface area contributed by atoms with Crippen molar-refractivity contribution >= 4 is 10.0 Å². The maximum atomic E-state index is 11.9. The molecular formula is C13H17N5O3S. The lowest BCUT2D eigenvalue weighted by molar-refractivity contribution is 0.00940. The molecule has 1 saturated heterocycles. The second-order valence-electron chi connectivity index (χ2n) is 5.06. The third-order valence-corrected chi connectivity index (χ3v) is 4.81. The molecule has 3 heterocycles. The summed E-state index contributed by atoms with van der Waals surface area (Å²) < 4.78 is 32.0. The van der Waals surface area contributed by atoms with Gasteiger partial charge >= 0.3 is 0 Å². The summed E-state index contributed by atoms with van der Waals surface area (Å²) in [5, 5.41) is 6.09. The summed E-state index contributed by atoms with van der Waals surface area (Å²) in [6.07, 6.45) is 8.88. The molecule has 1 atom stereocenters. The zero-order valence-corrected chi connectivity index (χ0v) is 12.7. The smallest absolute Gasteiger partial charge is 0.243 e. The predicted octanol–water partition coefficient (Wildman–Crippen LogP) is 0.920. The van der Waals surface area contributed by atoms with Crippen molar-refractivity contribution in [3.63, 3.8) is 0 Å². The van der Waals surface area contributed by atoms with Crippen molar-refractivity contribution in [2.75, 3.05) is 6.61 Å². The SMILES string of the molecule is O=S(=O)(NCc1cnc([C@H]2CCCCO2)nc1)c1cn[nH]c1. The highest BCUT2D eigenvalue weighted by molar-refractivity contribution is 7.89. The molecule has 0 bridgehead atoms. The van der Waals surface area contributed by atoms with E-state index in [9.17, 15) is 8.42 Å². The molecule has 8 nitrogen and oxygen atoms in total. The van der Waals surface area contributed by atoms with Crippen LogP contribution in [0.25, 0.3) is 0 Å². The number of hydrogen-bond donors (Lipinski definition) is 2. The van der Waals surface area contributed by atoms with Gasteiger partial charge in [-0.05, 0) is 19.3 Å². The van der Waals surface area contributed by atoms with E-state index in [2.05, 4.69) is 24.9 Å². The van der Waals surface area contributed by atoms with Gasteiger partial charge in [-0.3, -0.25) is 5.10 Å². The van der Waals surface area contributed by atoms with Crippen LogP contribution in [0.4, 0.5) is 0 Å². The number of sulfonamides is 1. The minimum Gasteiger partial charge on any atom is -0.370 e. The van der Waals surface area contributed by atoms with Crippen LogP contribution < -0.4 is 4.72 Å². The van der Waals surface area contributed by atoms with Gasteiger partial charge in [0.25, 0.3) is 0 Å². The van der Waals surface area contributed by atoms with E-state index in [1.54, 1.807) is 12.4 Å². The zero-order chi connectivity index (χ0) is 15.4. The molecule has 0 radical (unpaired) electrons. The number of ether oxygens (including phenoxy) is 1. The summed E-state index contributed by atoms with van der Waals surface area (Å²) in [7, 11) is -3.57. The van der Waals surface area contributed by atoms with Crippen LogP contribution in [0.3, 0.4) is 0 Å². The minimum atomic E-state index is -3.57. The lowest BCUT2D eigenvalue weighted by Gasteiger charge is -2.21. The van der Waals surface area contributed by atoms with Crippen molar-refractivity contribution in [1.29, 1.82) is 0 Å². The quantitative estimate of drug-likeness (QED) is 0.846. The average molecular weight is 323 g/mol. The van der Waals surface area contributed by atoms with Crippen molar-refractivity contribution in [2.45, 2.75) is 36.8 Å². The second-order valence-corrected chi connectivity index (χ2v) is 6.83. The van der Waals surface area contributed by atoms with Crippen LogP contribution in [0.1, 0.15) is 36.8 Å². The van der Waals surface area contributed by atoms with Gasteiger partial charge in [-0.25, -0.2) is 23.1 Å². The molecule has 1 fully saturated rings. The molecule has 0 spiro atoms. The maximum Gasteiger partial charge on any atom is 0.243 e. The third kappa shape index (κ3) is 3.49. The van der Waals surface area contributed by atoms with E-state index >= 15 is 0 Å². The van der Waals surface area contributed by atoms with Gasteiger partial charge in [0.15, 0.2) is 5.82 Å². The van der Waals surface area contributed by atoms with Crippen molar-refractivity contribution in [3.8, 4) is 0 Å². The van der Waals surface area contributed by atoms with Crippen LogP contribution in [0.15, 0.2) is 29.7 Å². The first-order chi connectivity index (χ1) is 10.6. The molecular weight excluding hydrogens is 306 g/mol. The molecule has 1 aliphatic rings. The highest BCUT2D eigenvalue weighted by atomic mass is 32.2. The van der Waals surface area contributed by atoms with Crippen LogP contribution in [0.2, 0.25) is 0 Å². The Morgan fingerprint density at radius 2 is 2.09 bits per heavy atom. The molecule has 0 saturated carbocycles. The fourth-order valence-electron chi connectivity index (χ4n) is 2.21. The number of aromatic nitrogens is 4. The second kappa shape index (κ2) is 6.51. The Kier molecular flexibility index (Phi) is 4.46. The first-order valence-corrected chi connectivity index (χ1v) is 8.54. The Balaban J connectivity index is 1.61. The summed E-state index contributed by atoms with van der Waals surface area (Å²) in [5.41, 5.74) is 0.687. The molecule has 118 valence electrons. The van der Waals surface area contributed by atoms with E-state index in [1.807, 2.05) is 0 Å². The first kappa shape index (κ1) is 15.1. The summed E-state index contributed by atoms with van der Waals surface area (Å²) >= 11 is 0. The molecule has 2 N–H and O–H groups in total. The van der Waals surface area contributed by atoms with Crippen molar-refractivity contribution < 1.29 is 13.2 Å². The largest absolute Gasteiger partial charge is 0.370 e. The highest BCUT2D eigenvalue weighted by Crippen LogP contribution is 2.24. The van der Waals surface area contributed by atoms with Crippen LogP contribution in [0, 0.1) is 0 Å². The fourth-order valence-corrected chi connectivity index (χ4v) is 3.14. The van der Waals surface area contributed by atoms with Gasteiger partial charge in [0.2, 0.25) is 10.0 Å². The molecule has 0 aliphatic carbocycles. The van der Waals surface area contributed by atoms with Crippen molar-refractivity contribution in [3.05, 3.63) is 36.2 Å². The monoisotopic (exact) mass is 323 g/mol. The number of hydrogen-bond acceptors (Lipinski definition) is 6. The Morgan fingerprint density at radius 3 is 2.73 bits per heavy atom. The van der Waals surface area contributed by atoms with E-state index in [1.165, 1.54) is 12.4 Å². The molecule has 3 rings (SSSR count). The summed E-state index contributed by atoms with van der Waals surface area (Å²) in [6.45, 7) is 0.861. The summed E-state index contributed by atoms with van der Waals surface area (Å²) in [4.78, 5) is 8.65. The first-order valence-electron chi connectivity index (χ1n) is 7.06. The van der Waals surface area contributed by atoms with Crippen LogP contribution in [0.5, 0.6) is 0 Å². The lowest BCUT2D eigenvalue weighted by atomic mass is 10.1. The molecule has 2 aromatic heterocycles. The molecule has 9 heteroatoms. The summed E-state index contributed by atoms with van der Waals surface area (Å²) in [5.74, 6) is 0.654. The van der Waals surface area contributed by atoms with E-state index < -0.39 is 10.0 Å². The Hall–Kier alpha value is -1.84. The number of nitrogens with one attached hydrogen (secondary N) is 2. The Morgan fingerprint density at radius 1 is 1.27 bits per heavy atom. The lowest BCUT2D eigenvalue weighted by Crippen LogP contribution is -2.23. The minimum absolute atomic E-state index is 0.0505. The zero-order valence-electron chi connectivity index (χ0n) is 11.9. The standard InChI is InChI=1S/C13H17N5O3S/c19-22(20,11-8-16-17-9-11)18-7-10-5-14-13(15-6-10)12-3-1-2-4-21-12/h5-6,8-9,12,18H,1-4,7H2,(H,16,17)/t12-/m1/s1. The normalized spacial score (nSPS) is 19.2. The van der Waals surface area contributed by atoms with E-state index in [4.69, 9.17) is 4.74 Å². The number of nitrogens with zero attached hydrogens (tertiary/aromatic N) is 3. The van der Waals surface area contributed by atoms with Gasteiger partial charge in [-0.1, -0.05) is 0 Å². The number of aromatic amines is 1.